The molecular formula is C17H27FN2O. The zero-order chi connectivity index (χ0) is 15.4. The van der Waals surface area contributed by atoms with Gasteiger partial charge in [0.25, 0.3) is 0 Å². The highest BCUT2D eigenvalue weighted by Crippen LogP contribution is 2.34. The van der Waals surface area contributed by atoms with Gasteiger partial charge >= 0.3 is 0 Å². The van der Waals surface area contributed by atoms with Crippen LogP contribution >= 0.6 is 0 Å². The number of hydrogen-bond donors (Lipinski definition) is 2. The molecule has 0 spiro atoms. The second kappa shape index (κ2) is 7.23. The van der Waals surface area contributed by atoms with Crippen LogP contribution in [0.2, 0.25) is 0 Å². The molecule has 1 saturated carbocycles. The lowest BCUT2D eigenvalue weighted by Gasteiger charge is -2.42. The zero-order valence-corrected chi connectivity index (χ0v) is 13.1. The lowest BCUT2D eigenvalue weighted by molar-refractivity contribution is 0.0755. The number of nitrogens with zero attached hydrogens (tertiary/aromatic N) is 1. The van der Waals surface area contributed by atoms with Crippen molar-refractivity contribution in [2.24, 2.45) is 11.7 Å². The summed E-state index contributed by atoms with van der Waals surface area (Å²) < 4.78 is 14.1. The van der Waals surface area contributed by atoms with E-state index in [1.54, 1.807) is 12.1 Å². The highest BCUT2D eigenvalue weighted by atomic mass is 19.1. The number of phenols is 1. The van der Waals surface area contributed by atoms with Crippen LogP contribution in [-0.2, 0) is 0 Å². The molecule has 0 heterocycles. The van der Waals surface area contributed by atoms with Crippen molar-refractivity contribution in [2.75, 3.05) is 13.1 Å². The Morgan fingerprint density at radius 1 is 1.38 bits per heavy atom. The normalized spacial score (nSPS) is 24.2. The van der Waals surface area contributed by atoms with Crippen LogP contribution in [-0.4, -0.2) is 29.1 Å². The molecule has 4 heteroatoms. The van der Waals surface area contributed by atoms with Gasteiger partial charge in [-0.1, -0.05) is 25.8 Å². The van der Waals surface area contributed by atoms with E-state index in [0.29, 0.717) is 24.1 Å². The maximum absolute atomic E-state index is 14.1. The quantitative estimate of drug-likeness (QED) is 0.874. The van der Waals surface area contributed by atoms with Crippen molar-refractivity contribution < 1.29 is 9.50 Å². The molecule has 0 amide bonds. The Labute approximate surface area is 126 Å². The van der Waals surface area contributed by atoms with Crippen molar-refractivity contribution in [3.63, 3.8) is 0 Å². The molecule has 1 aliphatic rings. The van der Waals surface area contributed by atoms with E-state index in [-0.39, 0.29) is 17.6 Å². The average molecular weight is 294 g/mol. The van der Waals surface area contributed by atoms with Crippen LogP contribution in [0.1, 0.15) is 51.1 Å². The molecule has 1 aliphatic carbocycles. The van der Waals surface area contributed by atoms with E-state index in [1.807, 2.05) is 6.92 Å². The van der Waals surface area contributed by atoms with Crippen LogP contribution in [0.4, 0.5) is 4.39 Å². The van der Waals surface area contributed by atoms with Crippen LogP contribution in [0, 0.1) is 11.7 Å². The largest absolute Gasteiger partial charge is 0.508 e. The summed E-state index contributed by atoms with van der Waals surface area (Å²) in [6.07, 6.45) is 4.78. The third-order valence-electron chi connectivity index (χ3n) is 4.89. The Hall–Kier alpha value is -1.13. The Balaban J connectivity index is 2.22. The summed E-state index contributed by atoms with van der Waals surface area (Å²) in [5, 5.41) is 9.37. The molecule has 1 aromatic carbocycles. The number of benzene rings is 1. The number of hydrogen-bond acceptors (Lipinski definition) is 3. The minimum atomic E-state index is -0.332. The second-order valence-electron chi connectivity index (χ2n) is 6.06. The van der Waals surface area contributed by atoms with E-state index in [1.165, 1.54) is 25.3 Å². The van der Waals surface area contributed by atoms with Gasteiger partial charge < -0.3 is 10.8 Å². The minimum absolute atomic E-state index is 0.00671. The molecular weight excluding hydrogens is 267 g/mol. The number of aromatic hydroxyl groups is 1. The molecule has 118 valence electrons. The first kappa shape index (κ1) is 16.2. The molecule has 21 heavy (non-hydrogen) atoms. The summed E-state index contributed by atoms with van der Waals surface area (Å²) in [5.41, 5.74) is 6.59. The highest BCUT2D eigenvalue weighted by molar-refractivity contribution is 5.29. The van der Waals surface area contributed by atoms with Gasteiger partial charge in [-0.25, -0.2) is 4.39 Å². The van der Waals surface area contributed by atoms with Crippen molar-refractivity contribution in [3.05, 3.63) is 29.6 Å². The van der Waals surface area contributed by atoms with Crippen molar-refractivity contribution >= 4 is 0 Å². The summed E-state index contributed by atoms with van der Waals surface area (Å²) in [6.45, 7) is 5.74. The van der Waals surface area contributed by atoms with Gasteiger partial charge in [-0.3, -0.25) is 4.90 Å². The van der Waals surface area contributed by atoms with Gasteiger partial charge in [-0.2, -0.15) is 0 Å². The predicted octanol–water partition coefficient (Wildman–Crippen LogP) is 3.43. The monoisotopic (exact) mass is 294 g/mol. The standard InChI is InChI=1S/C17H27FN2O/c1-3-20(17-7-5-4-6-13(17)11-19)12(2)15-9-8-14(21)10-16(15)18/h8-10,12-13,17,21H,3-7,11,19H2,1-2H3. The van der Waals surface area contributed by atoms with E-state index in [9.17, 15) is 9.50 Å². The van der Waals surface area contributed by atoms with E-state index in [0.717, 1.165) is 13.0 Å². The SMILES string of the molecule is CCN(C(C)c1ccc(O)cc1F)C1CCCCC1CN. The summed E-state index contributed by atoms with van der Waals surface area (Å²) in [4.78, 5) is 2.37. The molecule has 0 radical (unpaired) electrons. The molecule has 2 rings (SSSR count). The average Bonchev–Trinajstić information content (AvgIpc) is 2.48. The van der Waals surface area contributed by atoms with Crippen molar-refractivity contribution in [1.29, 1.82) is 0 Å². The fraction of sp³-hybridized carbons (Fsp3) is 0.647. The van der Waals surface area contributed by atoms with Crippen LogP contribution in [0.25, 0.3) is 0 Å². The van der Waals surface area contributed by atoms with Crippen LogP contribution < -0.4 is 5.73 Å². The summed E-state index contributed by atoms with van der Waals surface area (Å²) >= 11 is 0. The van der Waals surface area contributed by atoms with E-state index in [4.69, 9.17) is 5.73 Å². The van der Waals surface area contributed by atoms with E-state index >= 15 is 0 Å². The molecule has 1 aromatic rings. The Kier molecular flexibility index (Phi) is 5.59. The summed E-state index contributed by atoms with van der Waals surface area (Å²) in [7, 11) is 0. The van der Waals surface area contributed by atoms with Gasteiger partial charge in [-0.05, 0) is 44.8 Å². The maximum Gasteiger partial charge on any atom is 0.131 e. The molecule has 0 saturated heterocycles. The number of rotatable bonds is 5. The Morgan fingerprint density at radius 3 is 2.71 bits per heavy atom. The molecule has 3 unspecified atom stereocenters. The van der Waals surface area contributed by atoms with Crippen molar-refractivity contribution in [1.82, 2.24) is 4.90 Å². The smallest absolute Gasteiger partial charge is 0.131 e. The minimum Gasteiger partial charge on any atom is -0.508 e. The lowest BCUT2D eigenvalue weighted by Crippen LogP contribution is -2.46. The second-order valence-corrected chi connectivity index (χ2v) is 6.06. The van der Waals surface area contributed by atoms with Gasteiger partial charge in [0.05, 0.1) is 0 Å². The number of halogens is 1. The zero-order valence-electron chi connectivity index (χ0n) is 13.1. The maximum atomic E-state index is 14.1. The predicted molar refractivity (Wildman–Crippen MR) is 83.7 cm³/mol. The van der Waals surface area contributed by atoms with E-state index < -0.39 is 0 Å². The fourth-order valence-corrected chi connectivity index (χ4v) is 3.73. The summed E-state index contributed by atoms with van der Waals surface area (Å²) in [5.74, 6) is 0.145. The molecule has 1 fully saturated rings. The van der Waals surface area contributed by atoms with Gasteiger partial charge in [-0.15, -0.1) is 0 Å². The van der Waals surface area contributed by atoms with Gasteiger partial charge in [0.2, 0.25) is 0 Å². The highest BCUT2D eigenvalue weighted by Gasteiger charge is 2.32. The van der Waals surface area contributed by atoms with Gasteiger partial charge in [0.15, 0.2) is 0 Å². The van der Waals surface area contributed by atoms with Crippen LogP contribution in [0.15, 0.2) is 18.2 Å². The molecule has 0 aromatic heterocycles. The molecule has 0 aliphatic heterocycles. The molecule has 3 nitrogen and oxygen atoms in total. The first-order valence-corrected chi connectivity index (χ1v) is 8.02. The Morgan fingerprint density at radius 2 is 2.10 bits per heavy atom. The van der Waals surface area contributed by atoms with Gasteiger partial charge in [0.1, 0.15) is 11.6 Å². The van der Waals surface area contributed by atoms with Crippen LogP contribution in [0.3, 0.4) is 0 Å². The first-order valence-electron chi connectivity index (χ1n) is 8.02. The third kappa shape index (κ3) is 3.55. The topological polar surface area (TPSA) is 49.5 Å². The lowest BCUT2D eigenvalue weighted by atomic mass is 9.82. The number of phenolic OH excluding ortho intramolecular Hbond substituents is 1. The van der Waals surface area contributed by atoms with Crippen molar-refractivity contribution in [3.8, 4) is 5.75 Å². The number of nitrogens with two attached hydrogens (primary N) is 1. The fourth-order valence-electron chi connectivity index (χ4n) is 3.73. The van der Waals surface area contributed by atoms with Crippen molar-refractivity contribution in [2.45, 2.75) is 51.6 Å². The first-order chi connectivity index (χ1) is 10.1. The van der Waals surface area contributed by atoms with Gasteiger partial charge in [0, 0.05) is 23.7 Å². The molecule has 3 N–H and O–H groups in total. The molecule has 0 bridgehead atoms. The Bertz CT molecular complexity index is 466. The third-order valence-corrected chi connectivity index (χ3v) is 4.89. The molecule has 3 atom stereocenters. The van der Waals surface area contributed by atoms with E-state index in [2.05, 4.69) is 11.8 Å². The van der Waals surface area contributed by atoms with Crippen LogP contribution in [0.5, 0.6) is 5.75 Å². The summed E-state index contributed by atoms with van der Waals surface area (Å²) in [6, 6.07) is 4.87.